The molecule has 0 atom stereocenters. The molecule has 1 aromatic heterocycles. The van der Waals surface area contributed by atoms with Crippen LogP contribution in [0.2, 0.25) is 0 Å². The molecule has 3 aromatic rings. The van der Waals surface area contributed by atoms with Crippen molar-refractivity contribution in [3.63, 3.8) is 0 Å². The van der Waals surface area contributed by atoms with Gasteiger partial charge in [0, 0.05) is 26.6 Å². The fourth-order valence-electron chi connectivity index (χ4n) is 3.31. The molecule has 3 rings (SSSR count). The summed E-state index contributed by atoms with van der Waals surface area (Å²) < 4.78 is 7.16. The Morgan fingerprint density at radius 1 is 1.04 bits per heavy atom. The molecule has 0 saturated heterocycles. The van der Waals surface area contributed by atoms with E-state index in [-0.39, 0.29) is 12.5 Å². The molecule has 142 valence electrons. The molecule has 0 radical (unpaired) electrons. The molecule has 27 heavy (non-hydrogen) atoms. The number of amides is 1. The number of aromatic nitrogens is 2. The third-order valence-corrected chi connectivity index (χ3v) is 4.60. The van der Waals surface area contributed by atoms with Gasteiger partial charge in [0.05, 0.1) is 11.0 Å². The predicted octanol–water partition coefficient (Wildman–Crippen LogP) is 3.36. The summed E-state index contributed by atoms with van der Waals surface area (Å²) in [5.74, 6) is 1.01. The van der Waals surface area contributed by atoms with Crippen LogP contribution in [0.15, 0.2) is 54.6 Å². The zero-order chi connectivity index (χ0) is 18.9. The second kappa shape index (κ2) is 9.88. The van der Waals surface area contributed by atoms with Crippen molar-refractivity contribution in [2.45, 2.75) is 32.2 Å². The second-order valence-electron chi connectivity index (χ2n) is 6.64. The Morgan fingerprint density at radius 3 is 2.63 bits per heavy atom. The average molecular weight is 365 g/mol. The minimum Gasteiger partial charge on any atom is -0.375 e. The van der Waals surface area contributed by atoms with E-state index in [1.807, 2.05) is 6.07 Å². The molecule has 1 N–H and O–H groups in total. The molecule has 2 aromatic carbocycles. The van der Waals surface area contributed by atoms with E-state index >= 15 is 0 Å². The summed E-state index contributed by atoms with van der Waals surface area (Å²) >= 11 is 0. The lowest BCUT2D eigenvalue weighted by molar-refractivity contribution is -0.124. The topological polar surface area (TPSA) is 56.1 Å². The number of fused-ring (bicyclic) bond motifs is 1. The predicted molar refractivity (Wildman–Crippen MR) is 108 cm³/mol. The van der Waals surface area contributed by atoms with E-state index in [0.717, 1.165) is 43.6 Å². The van der Waals surface area contributed by atoms with Crippen molar-refractivity contribution >= 4 is 16.9 Å². The van der Waals surface area contributed by atoms with Gasteiger partial charge in [-0.2, -0.15) is 0 Å². The molecule has 0 saturated carbocycles. The van der Waals surface area contributed by atoms with Crippen molar-refractivity contribution in [2.75, 3.05) is 20.3 Å². The fraction of sp³-hybridized carbons (Fsp3) is 0.364. The van der Waals surface area contributed by atoms with E-state index in [9.17, 15) is 4.79 Å². The van der Waals surface area contributed by atoms with E-state index in [1.54, 1.807) is 0 Å². The molecule has 0 spiro atoms. The maximum Gasteiger partial charge on any atom is 0.245 e. The van der Waals surface area contributed by atoms with Crippen molar-refractivity contribution in [3.8, 4) is 0 Å². The first-order valence-electron chi connectivity index (χ1n) is 9.51. The number of methoxy groups -OCH3 is 1. The minimum atomic E-state index is -0.0751. The number of benzene rings is 2. The van der Waals surface area contributed by atoms with Gasteiger partial charge >= 0.3 is 0 Å². The van der Waals surface area contributed by atoms with Crippen LogP contribution in [0.4, 0.5) is 0 Å². The lowest BCUT2D eigenvalue weighted by Gasteiger charge is -2.10. The molecule has 0 aliphatic rings. The number of aryl methyl sites for hydroxylation is 3. The Hall–Kier alpha value is -2.66. The lowest BCUT2D eigenvalue weighted by atomic mass is 10.1. The van der Waals surface area contributed by atoms with Gasteiger partial charge in [-0.15, -0.1) is 0 Å². The highest BCUT2D eigenvalue weighted by Crippen LogP contribution is 2.18. The van der Waals surface area contributed by atoms with Gasteiger partial charge in [0.15, 0.2) is 0 Å². The van der Waals surface area contributed by atoms with Crippen LogP contribution in [-0.2, 0) is 28.9 Å². The monoisotopic (exact) mass is 365 g/mol. The molecule has 5 nitrogen and oxygen atoms in total. The smallest absolute Gasteiger partial charge is 0.245 e. The summed E-state index contributed by atoms with van der Waals surface area (Å²) in [6.07, 6.45) is 3.83. The van der Waals surface area contributed by atoms with Gasteiger partial charge in [-0.1, -0.05) is 42.5 Å². The van der Waals surface area contributed by atoms with E-state index < -0.39 is 0 Å². The first-order valence-corrected chi connectivity index (χ1v) is 9.51. The summed E-state index contributed by atoms with van der Waals surface area (Å²) in [4.78, 5) is 16.3. The van der Waals surface area contributed by atoms with Crippen LogP contribution in [-0.4, -0.2) is 35.7 Å². The molecule has 1 heterocycles. The summed E-state index contributed by atoms with van der Waals surface area (Å²) in [6.45, 7) is 1.69. The van der Waals surface area contributed by atoms with E-state index in [2.05, 4.69) is 58.4 Å². The summed E-state index contributed by atoms with van der Waals surface area (Å²) in [7, 11) is 1.53. The average Bonchev–Trinajstić information content (AvgIpc) is 3.04. The van der Waals surface area contributed by atoms with Crippen LogP contribution < -0.4 is 5.32 Å². The van der Waals surface area contributed by atoms with Crippen molar-refractivity contribution in [3.05, 3.63) is 66.0 Å². The zero-order valence-electron chi connectivity index (χ0n) is 15.9. The number of carbonyl (C=O) groups excluding carboxylic acids is 1. The number of imidazole rings is 1. The zero-order valence-corrected chi connectivity index (χ0v) is 15.9. The number of para-hydroxylation sites is 2. The van der Waals surface area contributed by atoms with Gasteiger partial charge in [-0.3, -0.25) is 4.79 Å². The Balaban J connectivity index is 1.61. The molecule has 1 amide bonds. The highest BCUT2D eigenvalue weighted by molar-refractivity contribution is 5.77. The van der Waals surface area contributed by atoms with Crippen molar-refractivity contribution in [2.24, 2.45) is 0 Å². The van der Waals surface area contributed by atoms with Crippen molar-refractivity contribution in [1.29, 1.82) is 0 Å². The summed E-state index contributed by atoms with van der Waals surface area (Å²) in [5, 5.41) is 2.87. The molecule has 0 aliphatic carbocycles. The lowest BCUT2D eigenvalue weighted by Crippen LogP contribution is -2.28. The van der Waals surface area contributed by atoms with Crippen LogP contribution in [0, 0.1) is 0 Å². The Morgan fingerprint density at radius 2 is 1.81 bits per heavy atom. The van der Waals surface area contributed by atoms with Gasteiger partial charge in [0.1, 0.15) is 12.4 Å². The Kier molecular flexibility index (Phi) is 6.99. The fourth-order valence-corrected chi connectivity index (χ4v) is 3.31. The Bertz CT molecular complexity index is 858. The number of nitrogens with zero attached hydrogens (tertiary/aromatic N) is 2. The molecule has 0 bridgehead atoms. The first-order chi connectivity index (χ1) is 13.3. The summed E-state index contributed by atoms with van der Waals surface area (Å²) in [6, 6.07) is 18.9. The van der Waals surface area contributed by atoms with Crippen molar-refractivity contribution < 1.29 is 9.53 Å². The van der Waals surface area contributed by atoms with E-state index in [0.29, 0.717) is 6.54 Å². The minimum absolute atomic E-state index is 0.0751. The molecular formula is C22H27N3O2. The highest BCUT2D eigenvalue weighted by Gasteiger charge is 2.10. The third kappa shape index (κ3) is 5.41. The van der Waals surface area contributed by atoms with Gasteiger partial charge in [0.25, 0.3) is 0 Å². The molecule has 5 heteroatoms. The number of ether oxygens (including phenoxy) is 1. The number of hydrogen-bond donors (Lipinski definition) is 1. The first kappa shape index (κ1) is 19.1. The third-order valence-electron chi connectivity index (χ3n) is 4.60. The SMILES string of the molecule is COCC(=O)NCCCc1nc2ccccc2n1CCCc1ccccc1. The van der Waals surface area contributed by atoms with Crippen LogP contribution in [0.5, 0.6) is 0 Å². The molecule has 0 aliphatic heterocycles. The van der Waals surface area contributed by atoms with Gasteiger partial charge in [-0.05, 0) is 37.0 Å². The number of hydrogen-bond acceptors (Lipinski definition) is 3. The normalized spacial score (nSPS) is 11.0. The largest absolute Gasteiger partial charge is 0.375 e. The van der Waals surface area contributed by atoms with Crippen LogP contribution in [0.1, 0.15) is 24.2 Å². The molecule has 0 fully saturated rings. The Labute approximate surface area is 160 Å². The van der Waals surface area contributed by atoms with E-state index in [1.165, 1.54) is 18.2 Å². The maximum atomic E-state index is 11.5. The second-order valence-corrected chi connectivity index (χ2v) is 6.64. The van der Waals surface area contributed by atoms with Crippen LogP contribution in [0.25, 0.3) is 11.0 Å². The van der Waals surface area contributed by atoms with Crippen LogP contribution in [0.3, 0.4) is 0 Å². The van der Waals surface area contributed by atoms with Gasteiger partial charge < -0.3 is 14.6 Å². The van der Waals surface area contributed by atoms with E-state index in [4.69, 9.17) is 9.72 Å². The number of rotatable bonds is 10. The van der Waals surface area contributed by atoms with Gasteiger partial charge in [-0.25, -0.2) is 4.98 Å². The summed E-state index contributed by atoms with van der Waals surface area (Å²) in [5.41, 5.74) is 3.59. The molecule has 0 unspecified atom stereocenters. The standard InChI is InChI=1S/C22H27N3O2/c1-27-17-22(26)23-15-7-14-21-24-19-12-5-6-13-20(19)25(21)16-8-11-18-9-3-2-4-10-18/h2-6,9-10,12-13H,7-8,11,14-17H2,1H3,(H,23,26). The quantitative estimate of drug-likeness (QED) is 0.561. The molecular weight excluding hydrogens is 338 g/mol. The van der Waals surface area contributed by atoms with Crippen LogP contribution >= 0.6 is 0 Å². The van der Waals surface area contributed by atoms with Gasteiger partial charge in [0.2, 0.25) is 5.91 Å². The van der Waals surface area contributed by atoms with Crippen molar-refractivity contribution in [1.82, 2.24) is 14.9 Å². The maximum absolute atomic E-state index is 11.5. The number of carbonyl (C=O) groups is 1. The number of nitrogens with one attached hydrogen (secondary N) is 1. The highest BCUT2D eigenvalue weighted by atomic mass is 16.5.